The predicted molar refractivity (Wildman–Crippen MR) is 63.2 cm³/mol. The van der Waals surface area contributed by atoms with Crippen molar-refractivity contribution in [2.45, 2.75) is 6.92 Å². The van der Waals surface area contributed by atoms with Crippen LogP contribution in [0.4, 0.5) is 0 Å². The van der Waals surface area contributed by atoms with E-state index in [1.165, 1.54) is 0 Å². The first-order valence-electron chi connectivity index (χ1n) is 4.95. The molecule has 0 aliphatic rings. The van der Waals surface area contributed by atoms with Gasteiger partial charge in [-0.05, 0) is 31.7 Å². The van der Waals surface area contributed by atoms with E-state index in [0.717, 1.165) is 5.56 Å². The highest BCUT2D eigenvalue weighted by Crippen LogP contribution is 2.19. The Bertz CT molecular complexity index is 547. The SMILES string of the molecule is CNCC(=O)c1nc2cc(C)ccn2c1Cl. The molecule has 0 atom stereocenters. The van der Waals surface area contributed by atoms with E-state index in [0.29, 0.717) is 16.5 Å². The van der Waals surface area contributed by atoms with Crippen LogP contribution >= 0.6 is 11.6 Å². The zero-order valence-corrected chi connectivity index (χ0v) is 9.88. The Morgan fingerprint density at radius 3 is 3.06 bits per heavy atom. The van der Waals surface area contributed by atoms with Gasteiger partial charge in [0.2, 0.25) is 0 Å². The number of carbonyl (C=O) groups excluding carboxylic acids is 1. The average Bonchev–Trinajstić information content (AvgIpc) is 2.56. The van der Waals surface area contributed by atoms with Crippen LogP contribution < -0.4 is 5.32 Å². The topological polar surface area (TPSA) is 46.4 Å². The molecular formula is C11H12ClN3O. The van der Waals surface area contributed by atoms with Gasteiger partial charge in [0.05, 0.1) is 6.54 Å². The maximum Gasteiger partial charge on any atom is 0.198 e. The van der Waals surface area contributed by atoms with Crippen molar-refractivity contribution in [2.24, 2.45) is 0 Å². The number of imidazole rings is 1. The quantitative estimate of drug-likeness (QED) is 0.827. The second-order valence-electron chi connectivity index (χ2n) is 3.64. The van der Waals surface area contributed by atoms with Gasteiger partial charge in [-0.1, -0.05) is 11.6 Å². The number of nitrogens with zero attached hydrogens (tertiary/aromatic N) is 2. The maximum atomic E-state index is 11.7. The number of ketones is 1. The summed E-state index contributed by atoms with van der Waals surface area (Å²) in [6.45, 7) is 2.21. The highest BCUT2D eigenvalue weighted by molar-refractivity contribution is 6.33. The highest BCUT2D eigenvalue weighted by atomic mass is 35.5. The summed E-state index contributed by atoms with van der Waals surface area (Å²) in [5, 5.41) is 3.16. The number of Topliss-reactive ketones (excluding diaryl/α,β-unsaturated/α-hetero) is 1. The normalized spacial score (nSPS) is 10.9. The Labute approximate surface area is 98.2 Å². The van der Waals surface area contributed by atoms with Gasteiger partial charge in [-0.3, -0.25) is 9.20 Å². The summed E-state index contributed by atoms with van der Waals surface area (Å²) in [6, 6.07) is 3.81. The zero-order chi connectivity index (χ0) is 11.7. The van der Waals surface area contributed by atoms with Crippen molar-refractivity contribution in [3.05, 3.63) is 34.7 Å². The standard InChI is InChI=1S/C11H12ClN3O/c1-7-3-4-15-9(5-7)14-10(11(15)12)8(16)6-13-2/h3-5,13H,6H2,1-2H3. The Morgan fingerprint density at radius 1 is 1.62 bits per heavy atom. The number of carbonyl (C=O) groups is 1. The molecule has 2 rings (SSSR count). The average molecular weight is 238 g/mol. The number of hydrogen-bond acceptors (Lipinski definition) is 3. The van der Waals surface area contributed by atoms with E-state index >= 15 is 0 Å². The molecule has 1 N–H and O–H groups in total. The van der Waals surface area contributed by atoms with Crippen LogP contribution in [0.1, 0.15) is 16.1 Å². The molecule has 4 nitrogen and oxygen atoms in total. The van der Waals surface area contributed by atoms with Gasteiger partial charge in [0.25, 0.3) is 0 Å². The van der Waals surface area contributed by atoms with Gasteiger partial charge >= 0.3 is 0 Å². The van der Waals surface area contributed by atoms with Gasteiger partial charge in [0.1, 0.15) is 16.5 Å². The fraction of sp³-hybridized carbons (Fsp3) is 0.273. The van der Waals surface area contributed by atoms with Crippen molar-refractivity contribution < 1.29 is 4.79 Å². The lowest BCUT2D eigenvalue weighted by Gasteiger charge is -1.96. The minimum Gasteiger partial charge on any atom is -0.313 e. The number of halogens is 1. The van der Waals surface area contributed by atoms with Crippen LogP contribution in [0.25, 0.3) is 5.65 Å². The molecule has 0 saturated carbocycles. The molecule has 0 aliphatic carbocycles. The highest BCUT2D eigenvalue weighted by Gasteiger charge is 2.16. The number of rotatable bonds is 3. The van der Waals surface area contributed by atoms with E-state index in [2.05, 4.69) is 10.3 Å². The van der Waals surface area contributed by atoms with Crippen LogP contribution in [-0.4, -0.2) is 28.8 Å². The maximum absolute atomic E-state index is 11.7. The minimum atomic E-state index is -0.103. The molecule has 0 bridgehead atoms. The van der Waals surface area contributed by atoms with Gasteiger partial charge in [-0.2, -0.15) is 0 Å². The summed E-state index contributed by atoms with van der Waals surface area (Å²) in [7, 11) is 1.71. The lowest BCUT2D eigenvalue weighted by atomic mass is 10.3. The molecule has 2 heterocycles. The number of pyridine rings is 1. The monoisotopic (exact) mass is 237 g/mol. The number of aromatic nitrogens is 2. The fourth-order valence-corrected chi connectivity index (χ4v) is 1.83. The first-order chi connectivity index (χ1) is 7.63. The van der Waals surface area contributed by atoms with Crippen LogP contribution in [0, 0.1) is 6.92 Å². The third kappa shape index (κ3) is 1.81. The predicted octanol–water partition coefficient (Wildman–Crippen LogP) is 1.70. The van der Waals surface area contributed by atoms with E-state index in [1.807, 2.05) is 25.3 Å². The molecule has 0 fully saturated rings. The van der Waals surface area contributed by atoms with Crippen LogP contribution in [0.3, 0.4) is 0 Å². The summed E-state index contributed by atoms with van der Waals surface area (Å²) in [5.74, 6) is -0.103. The Morgan fingerprint density at radius 2 is 2.38 bits per heavy atom. The third-order valence-corrected chi connectivity index (χ3v) is 2.69. The van der Waals surface area contributed by atoms with E-state index < -0.39 is 0 Å². The summed E-state index contributed by atoms with van der Waals surface area (Å²) in [6.07, 6.45) is 1.82. The molecule has 16 heavy (non-hydrogen) atoms. The van der Waals surface area contributed by atoms with Crippen LogP contribution in [0.15, 0.2) is 18.3 Å². The van der Waals surface area contributed by atoms with Crippen LogP contribution in [0.2, 0.25) is 5.15 Å². The van der Waals surface area contributed by atoms with Crippen LogP contribution in [0.5, 0.6) is 0 Å². The molecule has 5 heteroatoms. The summed E-state index contributed by atoms with van der Waals surface area (Å²) in [5.41, 5.74) is 2.10. The first-order valence-corrected chi connectivity index (χ1v) is 5.33. The smallest absolute Gasteiger partial charge is 0.198 e. The summed E-state index contributed by atoms with van der Waals surface area (Å²) < 4.78 is 1.71. The van der Waals surface area contributed by atoms with Gasteiger partial charge in [0, 0.05) is 6.20 Å². The fourth-order valence-electron chi connectivity index (χ4n) is 1.54. The molecular weight excluding hydrogens is 226 g/mol. The number of nitrogens with one attached hydrogen (secondary N) is 1. The number of likely N-dealkylation sites (N-methyl/N-ethyl adjacent to an activating group) is 1. The summed E-state index contributed by atoms with van der Waals surface area (Å²) >= 11 is 6.09. The number of aryl methyl sites for hydroxylation is 1. The third-order valence-electron chi connectivity index (χ3n) is 2.32. The summed E-state index contributed by atoms with van der Waals surface area (Å²) in [4.78, 5) is 15.9. The van der Waals surface area contributed by atoms with Gasteiger partial charge < -0.3 is 5.32 Å². The van der Waals surface area contributed by atoms with E-state index in [9.17, 15) is 4.79 Å². The lowest BCUT2D eigenvalue weighted by Crippen LogP contribution is -2.19. The molecule has 0 radical (unpaired) electrons. The van der Waals surface area contributed by atoms with Gasteiger partial charge in [0.15, 0.2) is 5.78 Å². The van der Waals surface area contributed by atoms with Crippen molar-refractivity contribution in [3.63, 3.8) is 0 Å². The second-order valence-corrected chi connectivity index (χ2v) is 4.00. The molecule has 0 spiro atoms. The Hall–Kier alpha value is -1.39. The van der Waals surface area contributed by atoms with E-state index in [-0.39, 0.29) is 12.3 Å². The minimum absolute atomic E-state index is 0.103. The number of fused-ring (bicyclic) bond motifs is 1. The molecule has 84 valence electrons. The van der Waals surface area contributed by atoms with Crippen molar-refractivity contribution in [3.8, 4) is 0 Å². The van der Waals surface area contributed by atoms with Crippen LogP contribution in [-0.2, 0) is 0 Å². The molecule has 0 aromatic carbocycles. The Kier molecular flexibility index (Phi) is 2.94. The van der Waals surface area contributed by atoms with Gasteiger partial charge in [-0.25, -0.2) is 4.98 Å². The molecule has 0 amide bonds. The second kappa shape index (κ2) is 4.23. The Balaban J connectivity index is 2.55. The van der Waals surface area contributed by atoms with E-state index in [4.69, 9.17) is 11.6 Å². The number of hydrogen-bond donors (Lipinski definition) is 1. The van der Waals surface area contributed by atoms with Crippen molar-refractivity contribution in [1.82, 2.24) is 14.7 Å². The zero-order valence-electron chi connectivity index (χ0n) is 9.12. The van der Waals surface area contributed by atoms with Crippen molar-refractivity contribution >= 4 is 23.0 Å². The largest absolute Gasteiger partial charge is 0.313 e. The van der Waals surface area contributed by atoms with Gasteiger partial charge in [-0.15, -0.1) is 0 Å². The first kappa shape index (κ1) is 11.1. The molecule has 0 unspecified atom stereocenters. The van der Waals surface area contributed by atoms with Crippen molar-refractivity contribution in [1.29, 1.82) is 0 Å². The van der Waals surface area contributed by atoms with Crippen molar-refractivity contribution in [2.75, 3.05) is 13.6 Å². The van der Waals surface area contributed by atoms with E-state index in [1.54, 1.807) is 11.4 Å². The molecule has 0 saturated heterocycles. The molecule has 0 aliphatic heterocycles. The molecule has 2 aromatic rings. The lowest BCUT2D eigenvalue weighted by molar-refractivity contribution is 0.0989. The molecule has 2 aromatic heterocycles.